The fourth-order valence-corrected chi connectivity index (χ4v) is 3.35. The Labute approximate surface area is 145 Å². The predicted octanol–water partition coefficient (Wildman–Crippen LogP) is 2.75. The van der Waals surface area contributed by atoms with E-state index >= 15 is 0 Å². The number of hydrogen-bond acceptors (Lipinski definition) is 3. The van der Waals surface area contributed by atoms with Crippen LogP contribution in [0.4, 0.5) is 10.5 Å². The highest BCUT2D eigenvalue weighted by Gasteiger charge is 2.21. The molecule has 0 bridgehead atoms. The van der Waals surface area contributed by atoms with Gasteiger partial charge in [0.05, 0.1) is 6.10 Å². The molecule has 1 aromatic carbocycles. The number of aliphatic hydroxyl groups excluding tert-OH is 1. The Hall–Kier alpha value is -1.75. The third kappa shape index (κ3) is 5.41. The average molecular weight is 333 g/mol. The number of nitrogens with zero attached hydrogens (tertiary/aromatic N) is 1. The van der Waals surface area contributed by atoms with Crippen LogP contribution in [0.1, 0.15) is 39.5 Å². The lowest BCUT2D eigenvalue weighted by molar-refractivity contribution is 0.103. The third-order valence-electron chi connectivity index (χ3n) is 5.02. The van der Waals surface area contributed by atoms with E-state index in [-0.39, 0.29) is 18.0 Å². The van der Waals surface area contributed by atoms with Crippen LogP contribution in [0.3, 0.4) is 0 Å². The minimum absolute atomic E-state index is 0.168. The maximum absolute atomic E-state index is 12.0. The zero-order chi connectivity index (χ0) is 17.4. The first-order valence-corrected chi connectivity index (χ1v) is 9.16. The van der Waals surface area contributed by atoms with Gasteiger partial charge in [-0.1, -0.05) is 44.9 Å². The van der Waals surface area contributed by atoms with E-state index in [2.05, 4.69) is 53.6 Å². The molecule has 0 aromatic heterocycles. The second kappa shape index (κ2) is 9.52. The number of urea groups is 1. The van der Waals surface area contributed by atoms with Crippen LogP contribution in [0.5, 0.6) is 0 Å². The Morgan fingerprint density at radius 1 is 1.21 bits per heavy atom. The van der Waals surface area contributed by atoms with Crippen molar-refractivity contribution in [1.82, 2.24) is 10.6 Å². The highest BCUT2D eigenvalue weighted by molar-refractivity contribution is 5.74. The molecule has 1 unspecified atom stereocenters. The van der Waals surface area contributed by atoms with Crippen LogP contribution in [-0.2, 0) is 0 Å². The van der Waals surface area contributed by atoms with Gasteiger partial charge in [-0.25, -0.2) is 4.79 Å². The number of nitrogens with one attached hydrogen (secondary N) is 2. The van der Waals surface area contributed by atoms with Gasteiger partial charge in [0.2, 0.25) is 0 Å². The summed E-state index contributed by atoms with van der Waals surface area (Å²) in [6.45, 7) is 6.35. The molecule has 2 rings (SSSR count). The maximum atomic E-state index is 12.0. The Morgan fingerprint density at radius 3 is 2.42 bits per heavy atom. The van der Waals surface area contributed by atoms with E-state index in [1.54, 1.807) is 0 Å². The van der Waals surface area contributed by atoms with Crippen molar-refractivity contribution in [2.24, 2.45) is 5.92 Å². The highest BCUT2D eigenvalue weighted by atomic mass is 16.3. The molecule has 1 aromatic rings. The topological polar surface area (TPSA) is 64.6 Å². The molecular formula is C19H31N3O2. The van der Waals surface area contributed by atoms with E-state index in [0.29, 0.717) is 6.54 Å². The Kier molecular flexibility index (Phi) is 7.37. The van der Waals surface area contributed by atoms with Gasteiger partial charge in [0.25, 0.3) is 0 Å². The first-order valence-electron chi connectivity index (χ1n) is 9.16. The molecule has 1 atom stereocenters. The molecule has 3 N–H and O–H groups in total. The van der Waals surface area contributed by atoms with Gasteiger partial charge in [-0.15, -0.1) is 0 Å². The zero-order valence-corrected chi connectivity index (χ0v) is 14.9. The number of amides is 2. The van der Waals surface area contributed by atoms with Crippen LogP contribution < -0.4 is 15.5 Å². The third-order valence-corrected chi connectivity index (χ3v) is 5.02. The van der Waals surface area contributed by atoms with Crippen molar-refractivity contribution in [2.75, 3.05) is 24.5 Å². The van der Waals surface area contributed by atoms with Crippen LogP contribution in [0.25, 0.3) is 0 Å². The summed E-state index contributed by atoms with van der Waals surface area (Å²) >= 11 is 0. The minimum Gasteiger partial charge on any atom is -0.391 e. The lowest BCUT2D eigenvalue weighted by Gasteiger charge is -2.34. The molecular weight excluding hydrogens is 302 g/mol. The molecule has 1 fully saturated rings. The number of piperidine rings is 1. The smallest absolute Gasteiger partial charge is 0.315 e. The van der Waals surface area contributed by atoms with Gasteiger partial charge in [-0.2, -0.15) is 0 Å². The van der Waals surface area contributed by atoms with E-state index < -0.39 is 6.10 Å². The molecule has 5 nitrogen and oxygen atoms in total. The van der Waals surface area contributed by atoms with Crippen LogP contribution in [0.2, 0.25) is 0 Å². The lowest BCUT2D eigenvalue weighted by atomic mass is 9.97. The van der Waals surface area contributed by atoms with Crippen LogP contribution in [-0.4, -0.2) is 42.9 Å². The van der Waals surface area contributed by atoms with Crippen molar-refractivity contribution in [3.8, 4) is 0 Å². The monoisotopic (exact) mass is 333 g/mol. The summed E-state index contributed by atoms with van der Waals surface area (Å²) in [5.74, 6) is 0.249. The number of hydrogen-bond donors (Lipinski definition) is 3. The summed E-state index contributed by atoms with van der Waals surface area (Å²) in [5.41, 5.74) is 1.24. The Balaban J connectivity index is 1.69. The molecule has 1 aliphatic rings. The van der Waals surface area contributed by atoms with Crippen LogP contribution >= 0.6 is 0 Å². The number of benzene rings is 1. The molecule has 0 aliphatic carbocycles. The van der Waals surface area contributed by atoms with Gasteiger partial charge in [0.15, 0.2) is 0 Å². The number of carbonyl (C=O) groups is 1. The summed E-state index contributed by atoms with van der Waals surface area (Å²) in [6, 6.07) is 10.4. The van der Waals surface area contributed by atoms with Crippen molar-refractivity contribution in [3.63, 3.8) is 0 Å². The Morgan fingerprint density at radius 2 is 1.83 bits per heavy atom. The fourth-order valence-electron chi connectivity index (χ4n) is 3.35. The van der Waals surface area contributed by atoms with Gasteiger partial charge >= 0.3 is 6.03 Å². The molecule has 134 valence electrons. The van der Waals surface area contributed by atoms with Crippen molar-refractivity contribution in [2.45, 2.75) is 51.7 Å². The van der Waals surface area contributed by atoms with Gasteiger partial charge < -0.3 is 20.6 Å². The second-order valence-electron chi connectivity index (χ2n) is 6.60. The number of carbonyl (C=O) groups excluding carboxylic acids is 1. The largest absolute Gasteiger partial charge is 0.391 e. The normalized spacial score (nSPS) is 16.9. The van der Waals surface area contributed by atoms with E-state index in [0.717, 1.165) is 38.8 Å². The molecule has 1 saturated heterocycles. The number of para-hydroxylation sites is 1. The van der Waals surface area contributed by atoms with Gasteiger partial charge in [0.1, 0.15) is 0 Å². The summed E-state index contributed by atoms with van der Waals surface area (Å²) in [7, 11) is 0. The Bertz CT molecular complexity index is 483. The van der Waals surface area contributed by atoms with E-state index in [4.69, 9.17) is 0 Å². The van der Waals surface area contributed by atoms with Crippen molar-refractivity contribution < 1.29 is 9.90 Å². The van der Waals surface area contributed by atoms with Gasteiger partial charge in [-0.3, -0.25) is 0 Å². The SMILES string of the molecule is CCC(CC)C(O)CNC(=O)NC1CCN(c2ccccc2)CC1. The molecule has 0 spiro atoms. The lowest BCUT2D eigenvalue weighted by Crippen LogP contribution is -2.49. The molecule has 0 radical (unpaired) electrons. The molecule has 5 heteroatoms. The quantitative estimate of drug-likeness (QED) is 0.719. The highest BCUT2D eigenvalue weighted by Crippen LogP contribution is 2.19. The van der Waals surface area contributed by atoms with E-state index in [1.807, 2.05) is 6.07 Å². The summed E-state index contributed by atoms with van der Waals surface area (Å²) < 4.78 is 0. The molecule has 1 heterocycles. The van der Waals surface area contributed by atoms with Gasteiger partial charge in [-0.05, 0) is 30.9 Å². The molecule has 24 heavy (non-hydrogen) atoms. The van der Waals surface area contributed by atoms with Gasteiger partial charge in [0, 0.05) is 31.4 Å². The summed E-state index contributed by atoms with van der Waals surface area (Å²) in [5, 5.41) is 15.9. The number of anilines is 1. The van der Waals surface area contributed by atoms with E-state index in [9.17, 15) is 9.90 Å². The molecule has 0 saturated carbocycles. The zero-order valence-electron chi connectivity index (χ0n) is 14.9. The fraction of sp³-hybridized carbons (Fsp3) is 0.632. The van der Waals surface area contributed by atoms with E-state index in [1.165, 1.54) is 5.69 Å². The summed E-state index contributed by atoms with van der Waals surface area (Å²) in [4.78, 5) is 14.4. The summed E-state index contributed by atoms with van der Waals surface area (Å²) in [6.07, 6.45) is 3.28. The number of rotatable bonds is 7. The van der Waals surface area contributed by atoms with Crippen molar-refractivity contribution >= 4 is 11.7 Å². The maximum Gasteiger partial charge on any atom is 0.315 e. The first-order chi connectivity index (χ1) is 11.6. The molecule has 1 aliphatic heterocycles. The minimum atomic E-state index is -0.467. The number of aliphatic hydroxyl groups is 1. The first kappa shape index (κ1) is 18.6. The second-order valence-corrected chi connectivity index (χ2v) is 6.60. The predicted molar refractivity (Wildman–Crippen MR) is 98.3 cm³/mol. The van der Waals surface area contributed by atoms with Crippen LogP contribution in [0.15, 0.2) is 30.3 Å². The van der Waals surface area contributed by atoms with Crippen molar-refractivity contribution in [1.29, 1.82) is 0 Å². The van der Waals surface area contributed by atoms with Crippen molar-refractivity contribution in [3.05, 3.63) is 30.3 Å². The van der Waals surface area contributed by atoms with Crippen LogP contribution in [0, 0.1) is 5.92 Å². The standard InChI is InChI=1S/C19H31N3O2/c1-3-15(4-2)18(23)14-20-19(24)21-16-10-12-22(13-11-16)17-8-6-5-7-9-17/h5-9,15-16,18,23H,3-4,10-14H2,1-2H3,(H2,20,21,24). The molecule has 2 amide bonds. The average Bonchev–Trinajstić information content (AvgIpc) is 2.62.